The molecule has 0 radical (unpaired) electrons. The Morgan fingerprint density at radius 3 is 2.71 bits per heavy atom. The predicted octanol–water partition coefficient (Wildman–Crippen LogP) is 2.71. The zero-order valence-electron chi connectivity index (χ0n) is 11.4. The van der Waals surface area contributed by atoms with Crippen LogP contribution in [0.25, 0.3) is 0 Å². The summed E-state index contributed by atoms with van der Waals surface area (Å²) in [4.78, 5) is 0. The smallest absolute Gasteiger partial charge is 0.0675 e. The average Bonchev–Trinajstić information content (AvgIpc) is 2.81. The van der Waals surface area contributed by atoms with Crippen LogP contribution < -0.4 is 5.32 Å². The van der Waals surface area contributed by atoms with Gasteiger partial charge in [0, 0.05) is 11.7 Å². The Morgan fingerprint density at radius 2 is 2.06 bits per heavy atom. The summed E-state index contributed by atoms with van der Waals surface area (Å²) >= 11 is 0. The van der Waals surface area contributed by atoms with E-state index in [4.69, 9.17) is 5.10 Å². The molecule has 2 rings (SSSR count). The van der Waals surface area contributed by atoms with Crippen LogP contribution in [0.5, 0.6) is 0 Å². The van der Waals surface area contributed by atoms with Crippen molar-refractivity contribution in [2.45, 2.75) is 64.5 Å². The molecule has 1 saturated carbocycles. The zero-order valence-corrected chi connectivity index (χ0v) is 11.4. The van der Waals surface area contributed by atoms with Crippen molar-refractivity contribution in [2.24, 2.45) is 0 Å². The van der Waals surface area contributed by atoms with Crippen LogP contribution in [0.2, 0.25) is 0 Å². The number of likely N-dealkylation sites (N-methyl/N-ethyl adjacent to an activating group) is 1. The normalized spacial score (nSPS) is 25.1. The van der Waals surface area contributed by atoms with Crippen LogP contribution in [-0.4, -0.2) is 22.9 Å². The van der Waals surface area contributed by atoms with Gasteiger partial charge in [0.15, 0.2) is 0 Å². The number of nitrogens with zero attached hydrogens (tertiary/aromatic N) is 2. The van der Waals surface area contributed by atoms with Gasteiger partial charge in [-0.3, -0.25) is 4.68 Å². The number of hydrogen-bond acceptors (Lipinski definition) is 2. The van der Waals surface area contributed by atoms with Gasteiger partial charge < -0.3 is 5.32 Å². The summed E-state index contributed by atoms with van der Waals surface area (Å²) in [5.74, 6) is 0. The maximum Gasteiger partial charge on any atom is 0.0675 e. The molecule has 96 valence electrons. The van der Waals surface area contributed by atoms with Crippen LogP contribution in [-0.2, 0) is 12.8 Å². The standard InChI is InChI=1S/C14H25N3/c1-4-11-10-12(5-2)17(16-11)14-9-7-6-8-13(14)15-3/h10,13-15H,4-9H2,1-3H3. The van der Waals surface area contributed by atoms with Crippen LogP contribution in [0.15, 0.2) is 6.07 Å². The lowest BCUT2D eigenvalue weighted by Crippen LogP contribution is -2.38. The molecule has 0 aromatic carbocycles. The van der Waals surface area contributed by atoms with Crippen LogP contribution >= 0.6 is 0 Å². The van der Waals surface area contributed by atoms with E-state index in [9.17, 15) is 0 Å². The second kappa shape index (κ2) is 5.67. The molecule has 17 heavy (non-hydrogen) atoms. The average molecular weight is 235 g/mol. The number of aromatic nitrogens is 2. The highest BCUT2D eigenvalue weighted by molar-refractivity contribution is 5.12. The van der Waals surface area contributed by atoms with Gasteiger partial charge in [-0.1, -0.05) is 26.7 Å². The Bertz CT molecular complexity index is 356. The summed E-state index contributed by atoms with van der Waals surface area (Å²) in [6.45, 7) is 4.41. The molecular weight excluding hydrogens is 210 g/mol. The van der Waals surface area contributed by atoms with E-state index in [1.807, 2.05) is 0 Å². The van der Waals surface area contributed by atoms with E-state index in [0.29, 0.717) is 12.1 Å². The fourth-order valence-electron chi connectivity index (χ4n) is 2.95. The number of rotatable bonds is 4. The van der Waals surface area contributed by atoms with E-state index in [0.717, 1.165) is 12.8 Å². The summed E-state index contributed by atoms with van der Waals surface area (Å²) in [6, 6.07) is 3.43. The Labute approximate surface area is 105 Å². The molecule has 0 amide bonds. The van der Waals surface area contributed by atoms with Crippen molar-refractivity contribution in [3.05, 3.63) is 17.5 Å². The first kappa shape index (κ1) is 12.6. The van der Waals surface area contributed by atoms with Gasteiger partial charge in [0.2, 0.25) is 0 Å². The number of aryl methyl sites for hydroxylation is 2. The van der Waals surface area contributed by atoms with Crippen LogP contribution in [0.4, 0.5) is 0 Å². The summed E-state index contributed by atoms with van der Waals surface area (Å²) in [7, 11) is 2.08. The SMILES string of the molecule is CCc1cc(CC)n(C2CCCCC2NC)n1. The number of nitrogens with one attached hydrogen (secondary N) is 1. The Balaban J connectivity index is 2.26. The van der Waals surface area contributed by atoms with E-state index >= 15 is 0 Å². The molecule has 1 N–H and O–H groups in total. The van der Waals surface area contributed by atoms with Crippen molar-refractivity contribution in [3.8, 4) is 0 Å². The Morgan fingerprint density at radius 1 is 1.29 bits per heavy atom. The molecule has 2 atom stereocenters. The lowest BCUT2D eigenvalue weighted by atomic mass is 9.90. The molecule has 2 unspecified atom stereocenters. The third-order valence-corrected chi connectivity index (χ3v) is 4.00. The molecule has 0 saturated heterocycles. The van der Waals surface area contributed by atoms with Gasteiger partial charge in [-0.25, -0.2) is 0 Å². The van der Waals surface area contributed by atoms with E-state index in [1.54, 1.807) is 0 Å². The summed E-state index contributed by atoms with van der Waals surface area (Å²) in [6.07, 6.45) is 7.37. The first-order chi connectivity index (χ1) is 8.30. The van der Waals surface area contributed by atoms with E-state index in [1.165, 1.54) is 37.1 Å². The topological polar surface area (TPSA) is 29.9 Å². The maximum absolute atomic E-state index is 4.80. The Kier molecular flexibility index (Phi) is 4.21. The maximum atomic E-state index is 4.80. The second-order valence-corrected chi connectivity index (χ2v) is 5.03. The summed E-state index contributed by atoms with van der Waals surface area (Å²) < 4.78 is 2.30. The minimum Gasteiger partial charge on any atom is -0.315 e. The molecule has 0 bridgehead atoms. The quantitative estimate of drug-likeness (QED) is 0.869. The zero-order chi connectivity index (χ0) is 12.3. The fraction of sp³-hybridized carbons (Fsp3) is 0.786. The highest BCUT2D eigenvalue weighted by Gasteiger charge is 2.27. The lowest BCUT2D eigenvalue weighted by molar-refractivity contribution is 0.252. The van der Waals surface area contributed by atoms with Gasteiger partial charge in [0.1, 0.15) is 0 Å². The molecule has 1 heterocycles. The van der Waals surface area contributed by atoms with Crippen LogP contribution in [0.1, 0.15) is 57.0 Å². The van der Waals surface area contributed by atoms with Crippen molar-refractivity contribution in [1.29, 1.82) is 0 Å². The van der Waals surface area contributed by atoms with Crippen molar-refractivity contribution in [1.82, 2.24) is 15.1 Å². The van der Waals surface area contributed by atoms with E-state index < -0.39 is 0 Å². The second-order valence-electron chi connectivity index (χ2n) is 5.03. The summed E-state index contributed by atoms with van der Waals surface area (Å²) in [5.41, 5.74) is 2.64. The van der Waals surface area contributed by atoms with Crippen LogP contribution in [0.3, 0.4) is 0 Å². The van der Waals surface area contributed by atoms with Gasteiger partial charge in [0.25, 0.3) is 0 Å². The lowest BCUT2D eigenvalue weighted by Gasteiger charge is -2.32. The molecule has 1 fully saturated rings. The molecule has 0 spiro atoms. The molecule has 1 aromatic rings. The molecule has 3 heteroatoms. The Hall–Kier alpha value is -0.830. The largest absolute Gasteiger partial charge is 0.315 e. The highest BCUT2D eigenvalue weighted by Crippen LogP contribution is 2.29. The molecule has 1 aromatic heterocycles. The summed E-state index contributed by atoms with van der Waals surface area (Å²) in [5, 5.41) is 8.27. The van der Waals surface area contributed by atoms with E-state index in [2.05, 4.69) is 37.0 Å². The third-order valence-electron chi connectivity index (χ3n) is 4.00. The van der Waals surface area contributed by atoms with Gasteiger partial charge in [-0.15, -0.1) is 0 Å². The predicted molar refractivity (Wildman–Crippen MR) is 71.3 cm³/mol. The highest BCUT2D eigenvalue weighted by atomic mass is 15.3. The molecular formula is C14H25N3. The van der Waals surface area contributed by atoms with Crippen LogP contribution in [0, 0.1) is 0 Å². The molecule has 0 aliphatic heterocycles. The monoisotopic (exact) mass is 235 g/mol. The van der Waals surface area contributed by atoms with Crippen molar-refractivity contribution in [2.75, 3.05) is 7.05 Å². The van der Waals surface area contributed by atoms with Gasteiger partial charge in [-0.2, -0.15) is 5.10 Å². The van der Waals surface area contributed by atoms with Gasteiger partial charge in [0.05, 0.1) is 11.7 Å². The van der Waals surface area contributed by atoms with Crippen molar-refractivity contribution >= 4 is 0 Å². The molecule has 1 aliphatic carbocycles. The van der Waals surface area contributed by atoms with Gasteiger partial charge in [-0.05, 0) is 38.8 Å². The third kappa shape index (κ3) is 2.54. The number of hydrogen-bond donors (Lipinski definition) is 1. The molecule has 3 nitrogen and oxygen atoms in total. The van der Waals surface area contributed by atoms with Crippen molar-refractivity contribution in [3.63, 3.8) is 0 Å². The van der Waals surface area contributed by atoms with Crippen molar-refractivity contribution < 1.29 is 0 Å². The van der Waals surface area contributed by atoms with Gasteiger partial charge >= 0.3 is 0 Å². The first-order valence-electron chi connectivity index (χ1n) is 7.04. The minimum absolute atomic E-state index is 0.559. The molecule has 1 aliphatic rings. The van der Waals surface area contributed by atoms with E-state index in [-0.39, 0.29) is 0 Å². The minimum atomic E-state index is 0.559. The first-order valence-corrected chi connectivity index (χ1v) is 7.04. The fourth-order valence-corrected chi connectivity index (χ4v) is 2.95.